The average molecular weight is 448 g/mol. The molecule has 0 spiro atoms. The molecule has 0 aliphatic heterocycles. The zero-order valence-electron chi connectivity index (χ0n) is 16.5. The summed E-state index contributed by atoms with van der Waals surface area (Å²) >= 11 is 1.33. The summed E-state index contributed by atoms with van der Waals surface area (Å²) in [7, 11) is 0. The van der Waals surface area contributed by atoms with E-state index in [9.17, 15) is 23.1 Å². The first-order valence-electron chi connectivity index (χ1n) is 9.62. The van der Waals surface area contributed by atoms with Gasteiger partial charge >= 0.3 is 6.18 Å². The molecule has 1 fully saturated rings. The summed E-state index contributed by atoms with van der Waals surface area (Å²) in [6, 6.07) is 6.21. The zero-order chi connectivity index (χ0) is 22.2. The minimum atomic E-state index is -4.56. The maximum Gasteiger partial charge on any atom is 0.433 e. The molecule has 4 rings (SSSR count). The van der Waals surface area contributed by atoms with Gasteiger partial charge in [-0.05, 0) is 49.6 Å². The molecule has 6 nitrogen and oxygen atoms in total. The van der Waals surface area contributed by atoms with Gasteiger partial charge in [0, 0.05) is 35.7 Å². The highest BCUT2D eigenvalue weighted by Gasteiger charge is 2.37. The summed E-state index contributed by atoms with van der Waals surface area (Å²) < 4.78 is 38.7. The van der Waals surface area contributed by atoms with Crippen molar-refractivity contribution in [3.63, 3.8) is 0 Å². The van der Waals surface area contributed by atoms with Gasteiger partial charge in [-0.15, -0.1) is 11.3 Å². The molecule has 31 heavy (non-hydrogen) atoms. The van der Waals surface area contributed by atoms with E-state index in [0.717, 1.165) is 23.4 Å². The number of thiazole rings is 1. The van der Waals surface area contributed by atoms with Gasteiger partial charge in [0.15, 0.2) is 0 Å². The minimum Gasteiger partial charge on any atom is -0.383 e. The molecule has 0 radical (unpaired) electrons. The normalized spacial score (nSPS) is 16.4. The summed E-state index contributed by atoms with van der Waals surface area (Å²) in [5.41, 5.74) is 0.637. The third-order valence-electron chi connectivity index (χ3n) is 5.11. The van der Waals surface area contributed by atoms with Crippen molar-refractivity contribution in [2.75, 3.05) is 5.32 Å². The van der Waals surface area contributed by atoms with E-state index in [-0.39, 0.29) is 11.7 Å². The van der Waals surface area contributed by atoms with E-state index < -0.39 is 17.5 Å². The molecule has 1 aliphatic carbocycles. The summed E-state index contributed by atoms with van der Waals surface area (Å²) in [6.07, 6.45) is -2.13. The Morgan fingerprint density at radius 1 is 1.16 bits per heavy atom. The van der Waals surface area contributed by atoms with Crippen molar-refractivity contribution in [1.29, 1.82) is 0 Å². The SMILES string of the molecule is Cc1cc(Nc2nccc(C(F)(F)F)n2)cc(-c2csc(C3(O)CCC(=O)CC3)n2)c1. The average Bonchev–Trinajstić information content (AvgIpc) is 3.21. The maximum atomic E-state index is 12.9. The van der Waals surface area contributed by atoms with Gasteiger partial charge in [-0.1, -0.05) is 0 Å². The Hall–Kier alpha value is -2.85. The Kier molecular flexibility index (Phi) is 5.52. The lowest BCUT2D eigenvalue weighted by molar-refractivity contribution is -0.141. The number of hydrogen-bond acceptors (Lipinski definition) is 7. The van der Waals surface area contributed by atoms with E-state index in [1.54, 1.807) is 12.1 Å². The topological polar surface area (TPSA) is 88.0 Å². The first-order valence-corrected chi connectivity index (χ1v) is 10.5. The highest BCUT2D eigenvalue weighted by Crippen LogP contribution is 2.39. The number of aryl methyl sites for hydroxylation is 1. The highest BCUT2D eigenvalue weighted by atomic mass is 32.1. The van der Waals surface area contributed by atoms with Gasteiger partial charge in [0.2, 0.25) is 5.95 Å². The number of benzene rings is 1. The van der Waals surface area contributed by atoms with Gasteiger partial charge in [-0.2, -0.15) is 13.2 Å². The van der Waals surface area contributed by atoms with Gasteiger partial charge in [-0.3, -0.25) is 4.79 Å². The van der Waals surface area contributed by atoms with Crippen molar-refractivity contribution in [3.05, 3.63) is 52.1 Å². The van der Waals surface area contributed by atoms with Crippen molar-refractivity contribution >= 4 is 28.8 Å². The molecule has 2 heterocycles. The zero-order valence-corrected chi connectivity index (χ0v) is 17.3. The van der Waals surface area contributed by atoms with E-state index in [1.807, 2.05) is 18.4 Å². The van der Waals surface area contributed by atoms with Crippen LogP contribution in [-0.2, 0) is 16.6 Å². The molecular weight excluding hydrogens is 429 g/mol. The quantitative estimate of drug-likeness (QED) is 0.584. The molecule has 2 N–H and O–H groups in total. The second kappa shape index (κ2) is 8.01. The van der Waals surface area contributed by atoms with E-state index in [1.165, 1.54) is 11.3 Å². The van der Waals surface area contributed by atoms with Crippen molar-refractivity contribution in [3.8, 4) is 11.3 Å². The van der Waals surface area contributed by atoms with Crippen LogP contribution in [-0.4, -0.2) is 25.8 Å². The van der Waals surface area contributed by atoms with Gasteiger partial charge in [0.1, 0.15) is 22.1 Å². The van der Waals surface area contributed by atoms with Crippen LogP contribution in [0.25, 0.3) is 11.3 Å². The Labute approximate surface area is 180 Å². The van der Waals surface area contributed by atoms with Gasteiger partial charge in [0.05, 0.1) is 5.69 Å². The van der Waals surface area contributed by atoms with E-state index >= 15 is 0 Å². The summed E-state index contributed by atoms with van der Waals surface area (Å²) in [4.78, 5) is 23.5. The molecule has 0 unspecified atom stereocenters. The summed E-state index contributed by atoms with van der Waals surface area (Å²) in [5.74, 6) is -0.0146. The van der Waals surface area contributed by atoms with Gasteiger partial charge < -0.3 is 10.4 Å². The molecule has 1 saturated carbocycles. The van der Waals surface area contributed by atoms with Crippen molar-refractivity contribution in [2.45, 2.75) is 44.4 Å². The number of alkyl halides is 3. The number of hydrogen-bond donors (Lipinski definition) is 2. The van der Waals surface area contributed by atoms with Crippen molar-refractivity contribution < 1.29 is 23.1 Å². The largest absolute Gasteiger partial charge is 0.433 e. The number of ketones is 1. The van der Waals surface area contributed by atoms with Crippen LogP contribution >= 0.6 is 11.3 Å². The molecule has 3 aromatic rings. The van der Waals surface area contributed by atoms with E-state index in [2.05, 4.69) is 20.3 Å². The number of nitrogens with one attached hydrogen (secondary N) is 1. The fraction of sp³-hybridized carbons (Fsp3) is 0.333. The highest BCUT2D eigenvalue weighted by molar-refractivity contribution is 7.10. The molecule has 1 aliphatic rings. The lowest BCUT2D eigenvalue weighted by Gasteiger charge is -2.29. The van der Waals surface area contributed by atoms with Gasteiger partial charge in [-0.25, -0.2) is 15.0 Å². The van der Waals surface area contributed by atoms with Crippen LogP contribution in [0, 0.1) is 6.92 Å². The second-order valence-electron chi connectivity index (χ2n) is 7.58. The molecule has 10 heteroatoms. The minimum absolute atomic E-state index is 0.146. The predicted molar refractivity (Wildman–Crippen MR) is 110 cm³/mol. The molecule has 0 saturated heterocycles. The Morgan fingerprint density at radius 2 is 1.90 bits per heavy atom. The Morgan fingerprint density at radius 3 is 2.61 bits per heavy atom. The van der Waals surface area contributed by atoms with Crippen LogP contribution in [0.1, 0.15) is 41.9 Å². The third kappa shape index (κ3) is 4.75. The molecule has 1 aromatic carbocycles. The summed E-state index contributed by atoms with van der Waals surface area (Å²) in [6.45, 7) is 1.86. The molecule has 162 valence electrons. The number of nitrogens with zero attached hydrogens (tertiary/aromatic N) is 3. The number of aliphatic hydroxyl groups is 1. The van der Waals surface area contributed by atoms with E-state index in [4.69, 9.17) is 0 Å². The first kappa shape index (κ1) is 21.4. The number of carbonyl (C=O) groups excluding carboxylic acids is 1. The smallest absolute Gasteiger partial charge is 0.383 e. The second-order valence-corrected chi connectivity index (χ2v) is 8.44. The lowest BCUT2D eigenvalue weighted by Crippen LogP contribution is -2.31. The first-order chi connectivity index (χ1) is 14.6. The lowest BCUT2D eigenvalue weighted by atomic mass is 9.85. The standard InChI is InChI=1S/C21H19F3N4O2S/c1-12-8-13(16-11-31-18(27-16)20(30)5-2-15(29)3-6-20)10-14(9-12)26-19-25-7-4-17(28-19)21(22,23)24/h4,7-11,30H,2-3,5-6H2,1H3,(H,25,26,28). The van der Waals surface area contributed by atoms with Gasteiger partial charge in [0.25, 0.3) is 0 Å². The Bertz CT molecular complexity index is 1120. The predicted octanol–water partition coefficient (Wildman–Crippen LogP) is 5.00. The van der Waals surface area contributed by atoms with Crippen LogP contribution in [0.4, 0.5) is 24.8 Å². The number of anilines is 2. The van der Waals surface area contributed by atoms with Crippen LogP contribution in [0.15, 0.2) is 35.8 Å². The van der Waals surface area contributed by atoms with Crippen LogP contribution in [0.5, 0.6) is 0 Å². The monoisotopic (exact) mass is 448 g/mol. The molecule has 0 bridgehead atoms. The Balaban J connectivity index is 1.59. The third-order valence-corrected chi connectivity index (χ3v) is 6.15. The number of halogens is 3. The molecule has 2 aromatic heterocycles. The van der Waals surface area contributed by atoms with Crippen LogP contribution in [0.3, 0.4) is 0 Å². The van der Waals surface area contributed by atoms with Crippen molar-refractivity contribution in [2.24, 2.45) is 0 Å². The van der Waals surface area contributed by atoms with Crippen LogP contribution in [0.2, 0.25) is 0 Å². The summed E-state index contributed by atoms with van der Waals surface area (Å²) in [5, 5.41) is 16.1. The fourth-order valence-electron chi connectivity index (χ4n) is 3.49. The molecular formula is C21H19F3N4O2S. The van der Waals surface area contributed by atoms with Crippen LogP contribution < -0.4 is 5.32 Å². The molecule has 0 amide bonds. The maximum absolute atomic E-state index is 12.9. The number of Topliss-reactive ketones (excluding diaryl/α,β-unsaturated/α-hetero) is 1. The number of rotatable bonds is 4. The van der Waals surface area contributed by atoms with E-state index in [0.29, 0.717) is 42.1 Å². The molecule has 0 atom stereocenters. The van der Waals surface area contributed by atoms with Crippen molar-refractivity contribution in [1.82, 2.24) is 15.0 Å². The number of carbonyl (C=O) groups is 1. The number of aromatic nitrogens is 3. The fourth-order valence-corrected chi connectivity index (χ4v) is 4.47.